The van der Waals surface area contributed by atoms with Crippen molar-refractivity contribution in [2.75, 3.05) is 0 Å². The van der Waals surface area contributed by atoms with Crippen molar-refractivity contribution in [2.45, 2.75) is 61.3 Å². The van der Waals surface area contributed by atoms with E-state index in [-0.39, 0.29) is 27.9 Å². The van der Waals surface area contributed by atoms with Crippen molar-refractivity contribution in [1.29, 1.82) is 0 Å². The molecule has 0 saturated heterocycles. The standard InChI is InChI=1S/C23H32.Fe/c1-17(14-18-10-8-9-11-18)12-13-19-15-20(22(2,3)4)16-21(19)23(5,6)7;/h8-12,15-16H,13-14H2,1-7H3;/q;+2/b17-12-;. The molecule has 0 unspecified atom stereocenters. The summed E-state index contributed by atoms with van der Waals surface area (Å²) < 4.78 is 0. The minimum Gasteiger partial charge on any atom is -0.0850 e. The van der Waals surface area contributed by atoms with Crippen LogP contribution in [0.4, 0.5) is 0 Å². The summed E-state index contributed by atoms with van der Waals surface area (Å²) >= 11 is 0. The van der Waals surface area contributed by atoms with Gasteiger partial charge < -0.3 is 0 Å². The third-order valence-corrected chi connectivity index (χ3v) is 4.53. The van der Waals surface area contributed by atoms with Gasteiger partial charge in [0.05, 0.1) is 0 Å². The van der Waals surface area contributed by atoms with Gasteiger partial charge in [-0.2, -0.15) is 0 Å². The van der Waals surface area contributed by atoms with Gasteiger partial charge in [0.1, 0.15) is 0 Å². The fourth-order valence-corrected chi connectivity index (χ4v) is 3.07. The summed E-state index contributed by atoms with van der Waals surface area (Å²) in [7, 11) is 0. The molecule has 0 spiro atoms. The van der Waals surface area contributed by atoms with Crippen LogP contribution in [0.3, 0.4) is 0 Å². The quantitative estimate of drug-likeness (QED) is 0.403. The Morgan fingerprint density at radius 3 is 2.00 bits per heavy atom. The van der Waals surface area contributed by atoms with E-state index in [1.807, 2.05) is 0 Å². The van der Waals surface area contributed by atoms with Crippen molar-refractivity contribution in [3.8, 4) is 0 Å². The normalized spacial score (nSPS) is 23.0. The topological polar surface area (TPSA) is 0 Å². The first kappa shape index (κ1) is 22.3. The van der Waals surface area contributed by atoms with Gasteiger partial charge in [-0.05, 0) is 92.8 Å². The summed E-state index contributed by atoms with van der Waals surface area (Å²) in [5, 5.41) is 0. The van der Waals surface area contributed by atoms with Crippen LogP contribution in [-0.2, 0) is 17.1 Å². The zero-order chi connectivity index (χ0) is 17.3. The molecule has 130 valence electrons. The van der Waals surface area contributed by atoms with Crippen LogP contribution in [0.5, 0.6) is 0 Å². The van der Waals surface area contributed by atoms with Crippen LogP contribution in [0.15, 0.2) is 11.6 Å². The van der Waals surface area contributed by atoms with E-state index in [4.69, 9.17) is 0 Å². The second-order valence-corrected chi connectivity index (χ2v) is 8.91. The maximum absolute atomic E-state index is 2.43. The van der Waals surface area contributed by atoms with Crippen molar-refractivity contribution in [1.82, 2.24) is 0 Å². The van der Waals surface area contributed by atoms with E-state index in [0.717, 1.165) is 12.8 Å². The Morgan fingerprint density at radius 1 is 0.917 bits per heavy atom. The molecule has 2 aliphatic carbocycles. The zero-order valence-electron chi connectivity index (χ0n) is 16.3. The van der Waals surface area contributed by atoms with Gasteiger partial charge in [0.2, 0.25) is 0 Å². The molecule has 0 aromatic carbocycles. The monoisotopic (exact) mass is 364 g/mol. The van der Waals surface area contributed by atoms with E-state index in [1.165, 1.54) is 29.2 Å². The summed E-state index contributed by atoms with van der Waals surface area (Å²) in [4.78, 5) is 0. The van der Waals surface area contributed by atoms with Crippen molar-refractivity contribution < 1.29 is 17.1 Å². The van der Waals surface area contributed by atoms with Crippen LogP contribution in [-0.4, -0.2) is 0 Å². The van der Waals surface area contributed by atoms with Gasteiger partial charge in [-0.25, -0.2) is 0 Å². The molecule has 0 bridgehead atoms. The van der Waals surface area contributed by atoms with Gasteiger partial charge in [-0.3, -0.25) is 0 Å². The summed E-state index contributed by atoms with van der Waals surface area (Å²) in [5.74, 6) is 5.86. The number of allylic oxidation sites excluding steroid dienone is 2. The van der Waals surface area contributed by atoms with Crippen LogP contribution >= 0.6 is 0 Å². The summed E-state index contributed by atoms with van der Waals surface area (Å²) in [6.07, 6.45) is 18.0. The third kappa shape index (κ3) is 6.21. The fourth-order valence-electron chi connectivity index (χ4n) is 3.07. The van der Waals surface area contributed by atoms with Crippen molar-refractivity contribution in [2.24, 2.45) is 10.8 Å². The van der Waals surface area contributed by atoms with Crippen LogP contribution in [0.2, 0.25) is 0 Å². The molecule has 2 saturated carbocycles. The summed E-state index contributed by atoms with van der Waals surface area (Å²) in [6, 6.07) is 0. The molecule has 0 nitrogen and oxygen atoms in total. The van der Waals surface area contributed by atoms with Gasteiger partial charge >= 0.3 is 17.1 Å². The maximum Gasteiger partial charge on any atom is 2.00 e. The molecular weight excluding hydrogens is 332 g/mol. The van der Waals surface area contributed by atoms with E-state index in [0.29, 0.717) is 0 Å². The minimum absolute atomic E-state index is 0. The Hall–Kier alpha value is 0.259. The number of hydrogen-bond donors (Lipinski definition) is 0. The molecule has 10 radical (unpaired) electrons. The van der Waals surface area contributed by atoms with Crippen LogP contribution in [0.1, 0.15) is 61.3 Å². The molecule has 2 rings (SSSR count). The van der Waals surface area contributed by atoms with Crippen molar-refractivity contribution >= 4 is 0 Å². The molecule has 0 aromatic rings. The second-order valence-electron chi connectivity index (χ2n) is 8.91. The number of rotatable bonds is 4. The number of hydrogen-bond acceptors (Lipinski definition) is 0. The first-order valence-electron chi connectivity index (χ1n) is 8.74. The minimum atomic E-state index is 0. The van der Waals surface area contributed by atoms with Crippen LogP contribution in [0, 0.1) is 73.0 Å². The molecule has 0 N–H and O–H groups in total. The maximum atomic E-state index is 2.43. The Balaban J connectivity index is 0.00000288. The molecule has 2 aliphatic rings. The second kappa shape index (κ2) is 8.77. The molecule has 0 atom stereocenters. The Bertz CT molecular complexity index is 401. The van der Waals surface area contributed by atoms with Crippen molar-refractivity contribution in [3.63, 3.8) is 0 Å². The van der Waals surface area contributed by atoms with E-state index in [2.05, 4.69) is 93.1 Å². The SMILES string of the molecule is C/C(=C/C[C]1[CH][C](C(C)(C)C)[CH][C]1C(C)(C)C)C[C]1[CH][CH][CH][CH]1.[Fe+2]. The van der Waals surface area contributed by atoms with Gasteiger partial charge in [-0.15, -0.1) is 0 Å². The predicted molar refractivity (Wildman–Crippen MR) is 101 cm³/mol. The first-order valence-corrected chi connectivity index (χ1v) is 8.74. The fraction of sp³-hybridized carbons (Fsp3) is 0.478. The molecule has 0 heterocycles. The Kier molecular flexibility index (Phi) is 8.15. The van der Waals surface area contributed by atoms with E-state index >= 15 is 0 Å². The molecule has 1 heteroatoms. The summed E-state index contributed by atoms with van der Waals surface area (Å²) in [5.41, 5.74) is 1.87. The van der Waals surface area contributed by atoms with Gasteiger partial charge in [0.25, 0.3) is 0 Å². The largest absolute Gasteiger partial charge is 2.00 e. The average molecular weight is 364 g/mol. The molecular formula is C23H32Fe+2. The molecule has 0 aliphatic heterocycles. The Morgan fingerprint density at radius 2 is 1.50 bits per heavy atom. The zero-order valence-corrected chi connectivity index (χ0v) is 17.4. The molecule has 0 aromatic heterocycles. The third-order valence-electron chi connectivity index (χ3n) is 4.53. The van der Waals surface area contributed by atoms with Gasteiger partial charge in [0.15, 0.2) is 0 Å². The average Bonchev–Trinajstić information content (AvgIpc) is 3.03. The van der Waals surface area contributed by atoms with E-state index in [9.17, 15) is 0 Å². The molecule has 2 fully saturated rings. The van der Waals surface area contributed by atoms with Crippen LogP contribution in [0.25, 0.3) is 0 Å². The molecule has 24 heavy (non-hydrogen) atoms. The van der Waals surface area contributed by atoms with Crippen molar-refractivity contribution in [3.05, 3.63) is 73.8 Å². The smallest absolute Gasteiger partial charge is 0.0850 e. The molecule has 0 amide bonds. The Labute approximate surface area is 163 Å². The van der Waals surface area contributed by atoms with E-state index in [1.54, 1.807) is 0 Å². The van der Waals surface area contributed by atoms with Gasteiger partial charge in [-0.1, -0.05) is 53.2 Å². The van der Waals surface area contributed by atoms with Gasteiger partial charge in [0, 0.05) is 0 Å². The first-order chi connectivity index (χ1) is 10.6. The van der Waals surface area contributed by atoms with E-state index < -0.39 is 0 Å². The van der Waals surface area contributed by atoms with Crippen LogP contribution < -0.4 is 0 Å². The predicted octanol–water partition coefficient (Wildman–Crippen LogP) is 6.35. The summed E-state index contributed by atoms with van der Waals surface area (Å²) in [6.45, 7) is 16.1.